The van der Waals surface area contributed by atoms with E-state index in [9.17, 15) is 9.59 Å². The Morgan fingerprint density at radius 2 is 1.95 bits per heavy atom. The van der Waals surface area contributed by atoms with E-state index in [0.717, 1.165) is 57.1 Å². The number of nitrogens with zero attached hydrogens (tertiary/aromatic N) is 5. The summed E-state index contributed by atoms with van der Waals surface area (Å²) >= 11 is 0. The first kappa shape index (κ1) is 24.9. The molecule has 7 rings (SSSR count). The van der Waals surface area contributed by atoms with Gasteiger partial charge in [0.25, 0.3) is 0 Å². The van der Waals surface area contributed by atoms with Crippen LogP contribution in [0.4, 0.5) is 10.6 Å². The average Bonchev–Trinajstić information content (AvgIpc) is 3.61. The molecule has 1 atom stereocenters. The minimum atomic E-state index is -0.560. The van der Waals surface area contributed by atoms with Gasteiger partial charge in [-0.05, 0) is 75.4 Å². The fourth-order valence-corrected chi connectivity index (χ4v) is 6.16. The molecular formula is C30H34N6O4. The smallest absolute Gasteiger partial charge is 0.410 e. The number of benzene rings is 2. The van der Waals surface area contributed by atoms with E-state index in [4.69, 9.17) is 9.47 Å². The van der Waals surface area contributed by atoms with Gasteiger partial charge in [-0.1, -0.05) is 6.07 Å². The number of carbonyl (C=O) groups is 1. The van der Waals surface area contributed by atoms with Gasteiger partial charge in [0.1, 0.15) is 17.2 Å². The molecule has 1 N–H and O–H groups in total. The Kier molecular flexibility index (Phi) is 5.59. The highest BCUT2D eigenvalue weighted by Crippen LogP contribution is 2.44. The molecule has 2 aromatic carbocycles. The Balaban J connectivity index is 1.38. The Bertz CT molecular complexity index is 1710. The van der Waals surface area contributed by atoms with Crippen molar-refractivity contribution in [3.63, 3.8) is 0 Å². The number of hydrogen-bond acceptors (Lipinski definition) is 7. The largest absolute Gasteiger partial charge is 0.493 e. The second-order valence-electron chi connectivity index (χ2n) is 12.2. The van der Waals surface area contributed by atoms with Gasteiger partial charge in [0, 0.05) is 37.5 Å². The van der Waals surface area contributed by atoms with Crippen molar-refractivity contribution in [2.75, 3.05) is 31.1 Å². The number of aromatic nitrogens is 4. The van der Waals surface area contributed by atoms with Crippen LogP contribution >= 0.6 is 0 Å². The van der Waals surface area contributed by atoms with E-state index in [1.54, 1.807) is 4.90 Å². The lowest BCUT2D eigenvalue weighted by Gasteiger charge is -2.43. The van der Waals surface area contributed by atoms with Crippen LogP contribution in [0, 0.1) is 6.92 Å². The molecule has 4 heterocycles. The summed E-state index contributed by atoms with van der Waals surface area (Å²) in [5.74, 6) is 1.38. The zero-order valence-electron chi connectivity index (χ0n) is 23.4. The van der Waals surface area contributed by atoms with Gasteiger partial charge in [0.2, 0.25) is 0 Å². The summed E-state index contributed by atoms with van der Waals surface area (Å²) in [6, 6.07) is 8.44. The van der Waals surface area contributed by atoms with Crippen LogP contribution in [-0.4, -0.2) is 68.6 Å². The molecule has 4 aromatic rings. The van der Waals surface area contributed by atoms with Crippen molar-refractivity contribution >= 4 is 33.7 Å². The van der Waals surface area contributed by atoms with Gasteiger partial charge in [0.05, 0.1) is 35.3 Å². The predicted molar refractivity (Wildman–Crippen MR) is 153 cm³/mol. The third-order valence-electron chi connectivity index (χ3n) is 8.12. The molecule has 0 radical (unpaired) electrons. The highest BCUT2D eigenvalue weighted by Gasteiger charge is 2.37. The van der Waals surface area contributed by atoms with Crippen LogP contribution < -0.4 is 15.3 Å². The number of H-pyrrole nitrogens is 1. The third kappa shape index (κ3) is 4.17. The van der Waals surface area contributed by atoms with Crippen LogP contribution in [0.25, 0.3) is 32.9 Å². The molecule has 1 amide bonds. The third-order valence-corrected chi connectivity index (χ3v) is 8.12. The molecular weight excluding hydrogens is 508 g/mol. The Labute approximate surface area is 231 Å². The number of hydrogen-bond donors (Lipinski definition) is 1. The fourth-order valence-electron chi connectivity index (χ4n) is 6.16. The number of aryl methyl sites for hydroxylation is 1. The molecule has 10 nitrogen and oxygen atoms in total. The lowest BCUT2D eigenvalue weighted by molar-refractivity contribution is 0.0207. The molecule has 1 unspecified atom stereocenters. The second-order valence-corrected chi connectivity index (χ2v) is 12.2. The first-order valence-electron chi connectivity index (χ1n) is 14.1. The number of anilines is 1. The van der Waals surface area contributed by atoms with Crippen LogP contribution in [0.15, 0.2) is 35.3 Å². The standard InChI is InChI=1S/C30H34N6O4/c1-17-5-8-22-21(15-31-33-22)25(17)18-13-23-26-24(14-18)39-12-9-20-16-34(29(38)40-30(2,3)4)10-11-35(20)27(26)32-28(37)36(23)19-6-7-19/h5,8,13-15,19-20H,6-7,9-12,16H2,1-4H3,(H,31,33). The highest BCUT2D eigenvalue weighted by atomic mass is 16.6. The molecule has 2 fully saturated rings. The average molecular weight is 543 g/mol. The molecule has 2 aromatic heterocycles. The zero-order valence-corrected chi connectivity index (χ0v) is 23.4. The summed E-state index contributed by atoms with van der Waals surface area (Å²) in [6.45, 7) is 9.75. The SMILES string of the molecule is Cc1ccc2[nH]ncc2c1-c1cc2c3c(nc(=O)n(C4CC4)c3c1)N1CCN(C(=O)OC(C)(C)C)CC1CCO2. The van der Waals surface area contributed by atoms with Crippen LogP contribution in [0.2, 0.25) is 0 Å². The van der Waals surface area contributed by atoms with Crippen molar-refractivity contribution in [3.05, 3.63) is 46.5 Å². The maximum absolute atomic E-state index is 13.6. The van der Waals surface area contributed by atoms with E-state index in [-0.39, 0.29) is 23.9 Å². The topological polar surface area (TPSA) is 106 Å². The van der Waals surface area contributed by atoms with Crippen LogP contribution in [0.3, 0.4) is 0 Å². The van der Waals surface area contributed by atoms with Gasteiger partial charge in [-0.25, -0.2) is 9.59 Å². The Morgan fingerprint density at radius 3 is 2.73 bits per heavy atom. The van der Waals surface area contributed by atoms with Gasteiger partial charge in [-0.15, -0.1) is 0 Å². The fraction of sp³-hybridized carbons (Fsp3) is 0.467. The van der Waals surface area contributed by atoms with Crippen LogP contribution in [-0.2, 0) is 4.74 Å². The second kappa shape index (κ2) is 8.97. The van der Waals surface area contributed by atoms with Crippen molar-refractivity contribution < 1.29 is 14.3 Å². The number of piperazine rings is 1. The van der Waals surface area contributed by atoms with Crippen molar-refractivity contribution in [2.45, 2.75) is 64.6 Å². The maximum Gasteiger partial charge on any atom is 0.410 e. The van der Waals surface area contributed by atoms with E-state index < -0.39 is 5.60 Å². The number of amides is 1. The molecule has 10 heteroatoms. The number of rotatable bonds is 2. The Hall–Kier alpha value is -4.08. The highest BCUT2D eigenvalue weighted by molar-refractivity contribution is 6.03. The summed E-state index contributed by atoms with van der Waals surface area (Å²) in [5.41, 5.74) is 4.20. The van der Waals surface area contributed by atoms with E-state index in [1.165, 1.54) is 0 Å². The Morgan fingerprint density at radius 1 is 1.12 bits per heavy atom. The maximum atomic E-state index is 13.6. The lowest BCUT2D eigenvalue weighted by Crippen LogP contribution is -2.57. The molecule has 1 saturated carbocycles. The summed E-state index contributed by atoms with van der Waals surface area (Å²) in [4.78, 5) is 35.1. The lowest BCUT2D eigenvalue weighted by atomic mass is 9.95. The number of fused-ring (bicyclic) bond motifs is 3. The monoisotopic (exact) mass is 542 g/mol. The van der Waals surface area contributed by atoms with E-state index in [0.29, 0.717) is 38.5 Å². The van der Waals surface area contributed by atoms with Crippen molar-refractivity contribution in [2.24, 2.45) is 0 Å². The minimum absolute atomic E-state index is 0.0390. The number of carbonyl (C=O) groups excluding carboxylic acids is 1. The molecule has 3 aliphatic rings. The summed E-state index contributed by atoms with van der Waals surface area (Å²) in [6.07, 6.45) is 4.15. The van der Waals surface area contributed by atoms with Crippen molar-refractivity contribution in [1.82, 2.24) is 24.6 Å². The number of aromatic amines is 1. The predicted octanol–water partition coefficient (Wildman–Crippen LogP) is 4.79. The zero-order chi connectivity index (χ0) is 27.8. The molecule has 0 bridgehead atoms. The van der Waals surface area contributed by atoms with Gasteiger partial charge in [-0.3, -0.25) is 9.67 Å². The van der Waals surface area contributed by atoms with Crippen LogP contribution in [0.1, 0.15) is 51.6 Å². The molecule has 0 spiro atoms. The van der Waals surface area contributed by atoms with E-state index >= 15 is 0 Å². The quantitative estimate of drug-likeness (QED) is 0.388. The molecule has 208 valence electrons. The first-order valence-corrected chi connectivity index (χ1v) is 14.1. The summed E-state index contributed by atoms with van der Waals surface area (Å²) in [5, 5.41) is 9.25. The van der Waals surface area contributed by atoms with Crippen molar-refractivity contribution in [1.29, 1.82) is 0 Å². The van der Waals surface area contributed by atoms with Crippen molar-refractivity contribution in [3.8, 4) is 16.9 Å². The molecule has 1 saturated heterocycles. The van der Waals surface area contributed by atoms with Gasteiger partial charge < -0.3 is 19.3 Å². The molecule has 1 aliphatic carbocycles. The summed E-state index contributed by atoms with van der Waals surface area (Å²) in [7, 11) is 0. The first-order chi connectivity index (χ1) is 19.2. The normalized spacial score (nSPS) is 19.2. The van der Waals surface area contributed by atoms with Gasteiger partial charge in [0.15, 0.2) is 0 Å². The minimum Gasteiger partial charge on any atom is -0.493 e. The van der Waals surface area contributed by atoms with E-state index in [1.807, 2.05) is 37.6 Å². The van der Waals surface area contributed by atoms with Gasteiger partial charge in [-0.2, -0.15) is 10.1 Å². The number of ether oxygens (including phenoxy) is 2. The van der Waals surface area contributed by atoms with Crippen LogP contribution in [0.5, 0.6) is 5.75 Å². The summed E-state index contributed by atoms with van der Waals surface area (Å²) < 4.78 is 14.0. The molecule has 40 heavy (non-hydrogen) atoms. The number of nitrogens with one attached hydrogen (secondary N) is 1. The van der Waals surface area contributed by atoms with E-state index in [2.05, 4.69) is 45.2 Å². The molecule has 2 aliphatic heterocycles. The van der Waals surface area contributed by atoms with Gasteiger partial charge >= 0.3 is 11.8 Å².